The predicted molar refractivity (Wildman–Crippen MR) is 116 cm³/mol. The van der Waals surface area contributed by atoms with Crippen LogP contribution in [-0.2, 0) is 16.1 Å². The van der Waals surface area contributed by atoms with Crippen LogP contribution in [0.4, 0.5) is 11.5 Å². The van der Waals surface area contributed by atoms with Gasteiger partial charge in [0.1, 0.15) is 11.8 Å². The highest BCUT2D eigenvalue weighted by Crippen LogP contribution is 2.46. The third-order valence-electron chi connectivity index (χ3n) is 4.91. The Labute approximate surface area is 178 Å². The molecule has 8 nitrogen and oxygen atoms in total. The first-order chi connectivity index (χ1) is 14.5. The average Bonchev–Trinajstić information content (AvgIpc) is 3.07. The molecule has 0 aliphatic carbocycles. The van der Waals surface area contributed by atoms with Crippen molar-refractivity contribution in [1.29, 1.82) is 0 Å². The van der Waals surface area contributed by atoms with Crippen LogP contribution in [0.2, 0.25) is 0 Å². The highest BCUT2D eigenvalue weighted by atomic mass is 32.2. The third kappa shape index (κ3) is 3.81. The fraction of sp³-hybridized carbons (Fsp3) is 0.238. The summed E-state index contributed by atoms with van der Waals surface area (Å²) < 4.78 is 7.47. The van der Waals surface area contributed by atoms with Crippen molar-refractivity contribution < 1.29 is 9.53 Å². The van der Waals surface area contributed by atoms with Gasteiger partial charge >= 0.3 is 0 Å². The number of aromatic nitrogens is 4. The van der Waals surface area contributed by atoms with Gasteiger partial charge in [0.05, 0.1) is 17.7 Å². The number of nitrogens with zero attached hydrogens (tertiary/aromatic N) is 5. The van der Waals surface area contributed by atoms with Crippen LogP contribution in [0.1, 0.15) is 23.9 Å². The molecule has 3 heterocycles. The summed E-state index contributed by atoms with van der Waals surface area (Å²) in [6.07, 6.45) is 6.88. The number of hydrogen-bond acceptors (Lipinski definition) is 7. The van der Waals surface area contributed by atoms with E-state index in [9.17, 15) is 4.79 Å². The second kappa shape index (κ2) is 8.29. The number of hydrogen-bond donors (Lipinski definition) is 1. The van der Waals surface area contributed by atoms with Gasteiger partial charge in [0.25, 0.3) is 0 Å². The van der Waals surface area contributed by atoms with E-state index in [2.05, 4.69) is 33.2 Å². The topological polar surface area (TPSA) is 99.2 Å². The summed E-state index contributed by atoms with van der Waals surface area (Å²) >= 11 is 1.60. The van der Waals surface area contributed by atoms with E-state index in [1.807, 2.05) is 16.4 Å². The zero-order chi connectivity index (χ0) is 21.3. The molecule has 2 aromatic heterocycles. The molecule has 2 N–H and O–H groups in total. The Morgan fingerprint density at radius 1 is 1.27 bits per heavy atom. The Balaban J connectivity index is 1.65. The van der Waals surface area contributed by atoms with E-state index in [-0.39, 0.29) is 0 Å². The van der Waals surface area contributed by atoms with E-state index in [0.717, 1.165) is 38.4 Å². The molecule has 1 aliphatic rings. The second-order valence-corrected chi connectivity index (χ2v) is 8.00. The standard InChI is InChI=1S/C21H22N6O2S/c1-13(19(22)28)8-16-14(2)26(11-25-16)10-15-4-5-18-17(9-15)27(12-29-3)20-21(30-18)24-7-6-23-20/h4-9,11H,10,12H2,1-3H3,(H2,22,28)/b13-8+. The molecule has 0 unspecified atom stereocenters. The molecule has 30 heavy (non-hydrogen) atoms. The van der Waals surface area contributed by atoms with Crippen molar-refractivity contribution in [2.45, 2.75) is 30.3 Å². The fourth-order valence-electron chi connectivity index (χ4n) is 3.24. The molecule has 3 aromatic rings. The van der Waals surface area contributed by atoms with Gasteiger partial charge in [0.15, 0.2) is 5.82 Å². The minimum absolute atomic E-state index is 0.383. The average molecular weight is 423 g/mol. The number of carbonyl (C=O) groups excluding carboxylic acids is 1. The van der Waals surface area contributed by atoms with Gasteiger partial charge in [0, 0.05) is 42.2 Å². The zero-order valence-electron chi connectivity index (χ0n) is 17.0. The van der Waals surface area contributed by atoms with Gasteiger partial charge in [-0.3, -0.25) is 9.69 Å². The first-order valence-electron chi connectivity index (χ1n) is 9.36. The molecular weight excluding hydrogens is 400 g/mol. The van der Waals surface area contributed by atoms with Crippen LogP contribution in [0, 0.1) is 6.92 Å². The Kier molecular flexibility index (Phi) is 5.56. The highest BCUT2D eigenvalue weighted by Gasteiger charge is 2.25. The number of carbonyl (C=O) groups is 1. The number of amides is 1. The van der Waals surface area contributed by atoms with Crippen LogP contribution >= 0.6 is 11.8 Å². The van der Waals surface area contributed by atoms with E-state index in [1.54, 1.807) is 50.6 Å². The smallest absolute Gasteiger partial charge is 0.244 e. The normalized spacial score (nSPS) is 13.2. The summed E-state index contributed by atoms with van der Waals surface area (Å²) in [6.45, 7) is 4.69. The Bertz CT molecular complexity index is 1140. The number of anilines is 2. The van der Waals surface area contributed by atoms with Crippen LogP contribution in [0.5, 0.6) is 0 Å². The molecular formula is C21H22N6O2S. The molecule has 1 aromatic carbocycles. The van der Waals surface area contributed by atoms with Gasteiger partial charge in [-0.05, 0) is 37.6 Å². The number of fused-ring (bicyclic) bond motifs is 2. The SMILES string of the molecule is COCN1c2cc(Cn3cnc(/C=C(\C)C(N)=O)c3C)ccc2Sc2nccnc21. The number of ether oxygens (including phenoxy) is 1. The van der Waals surface area contributed by atoms with Crippen molar-refractivity contribution in [3.8, 4) is 0 Å². The minimum atomic E-state index is -0.447. The van der Waals surface area contributed by atoms with Crippen LogP contribution in [0.15, 0.2) is 52.4 Å². The van der Waals surface area contributed by atoms with Crippen LogP contribution in [-0.4, -0.2) is 39.3 Å². The summed E-state index contributed by atoms with van der Waals surface area (Å²) in [6, 6.07) is 6.34. The lowest BCUT2D eigenvalue weighted by Crippen LogP contribution is -2.24. The molecule has 0 atom stereocenters. The molecule has 9 heteroatoms. The second-order valence-electron chi connectivity index (χ2n) is 6.97. The number of methoxy groups -OCH3 is 1. The molecule has 0 fully saturated rings. The fourth-order valence-corrected chi connectivity index (χ4v) is 4.23. The van der Waals surface area contributed by atoms with Crippen molar-refractivity contribution in [3.05, 3.63) is 59.4 Å². The largest absolute Gasteiger partial charge is 0.366 e. The minimum Gasteiger partial charge on any atom is -0.366 e. The van der Waals surface area contributed by atoms with Gasteiger partial charge in [-0.25, -0.2) is 15.0 Å². The van der Waals surface area contributed by atoms with Gasteiger partial charge in [-0.1, -0.05) is 17.8 Å². The summed E-state index contributed by atoms with van der Waals surface area (Å²) in [5.74, 6) is 0.347. The Morgan fingerprint density at radius 2 is 2.07 bits per heavy atom. The quantitative estimate of drug-likeness (QED) is 0.609. The summed E-state index contributed by atoms with van der Waals surface area (Å²) in [4.78, 5) is 27.8. The van der Waals surface area contributed by atoms with Gasteiger partial charge in [-0.2, -0.15) is 0 Å². The maximum absolute atomic E-state index is 11.3. The van der Waals surface area contributed by atoms with Crippen molar-refractivity contribution in [1.82, 2.24) is 19.5 Å². The Hall–Kier alpha value is -3.17. The van der Waals surface area contributed by atoms with E-state index in [4.69, 9.17) is 10.5 Å². The molecule has 0 bridgehead atoms. The predicted octanol–water partition coefficient (Wildman–Crippen LogP) is 3.13. The summed E-state index contributed by atoms with van der Waals surface area (Å²) in [5, 5.41) is 0.863. The highest BCUT2D eigenvalue weighted by molar-refractivity contribution is 7.99. The van der Waals surface area contributed by atoms with E-state index in [1.165, 1.54) is 0 Å². The maximum Gasteiger partial charge on any atom is 0.244 e. The van der Waals surface area contributed by atoms with Gasteiger partial charge < -0.3 is 15.0 Å². The number of rotatable bonds is 6. The first kappa shape index (κ1) is 20.1. The molecule has 0 radical (unpaired) electrons. The Morgan fingerprint density at radius 3 is 2.83 bits per heavy atom. The lowest BCUT2D eigenvalue weighted by atomic mass is 10.1. The van der Waals surface area contributed by atoms with Gasteiger partial charge in [-0.15, -0.1) is 0 Å². The maximum atomic E-state index is 11.3. The van der Waals surface area contributed by atoms with Crippen molar-refractivity contribution >= 4 is 35.3 Å². The van der Waals surface area contributed by atoms with Gasteiger partial charge in [0.2, 0.25) is 5.91 Å². The monoisotopic (exact) mass is 422 g/mol. The lowest BCUT2D eigenvalue weighted by molar-refractivity contribution is -0.114. The van der Waals surface area contributed by atoms with Crippen LogP contribution in [0.3, 0.4) is 0 Å². The van der Waals surface area contributed by atoms with Crippen LogP contribution in [0.25, 0.3) is 6.08 Å². The molecule has 1 amide bonds. The van der Waals surface area contributed by atoms with E-state index in [0.29, 0.717) is 18.8 Å². The molecule has 0 spiro atoms. The third-order valence-corrected chi connectivity index (χ3v) is 5.96. The van der Waals surface area contributed by atoms with Crippen molar-refractivity contribution in [3.63, 3.8) is 0 Å². The molecule has 1 aliphatic heterocycles. The molecule has 0 saturated heterocycles. The first-order valence-corrected chi connectivity index (χ1v) is 10.2. The van der Waals surface area contributed by atoms with Crippen molar-refractivity contribution in [2.75, 3.05) is 18.7 Å². The van der Waals surface area contributed by atoms with E-state index >= 15 is 0 Å². The molecule has 4 rings (SSSR count). The lowest BCUT2D eigenvalue weighted by Gasteiger charge is -2.30. The molecule has 154 valence electrons. The summed E-state index contributed by atoms with van der Waals surface area (Å²) in [7, 11) is 1.67. The number of primary amides is 1. The number of benzene rings is 1. The molecule has 0 saturated carbocycles. The van der Waals surface area contributed by atoms with Crippen LogP contribution < -0.4 is 10.6 Å². The van der Waals surface area contributed by atoms with E-state index < -0.39 is 5.91 Å². The number of nitrogens with two attached hydrogens (primary N) is 1. The summed E-state index contributed by atoms with van der Waals surface area (Å²) in [5.41, 5.74) is 9.67. The van der Waals surface area contributed by atoms with Crippen molar-refractivity contribution in [2.24, 2.45) is 5.73 Å². The number of imidazole rings is 1. The zero-order valence-corrected chi connectivity index (χ0v) is 17.8.